The zero-order valence-corrected chi connectivity index (χ0v) is 9.45. The number of esters is 1. The van der Waals surface area contributed by atoms with E-state index in [4.69, 9.17) is 4.74 Å². The summed E-state index contributed by atoms with van der Waals surface area (Å²) in [6.07, 6.45) is 5.34. The molecule has 0 bridgehead atoms. The van der Waals surface area contributed by atoms with Crippen molar-refractivity contribution in [3.8, 4) is 0 Å². The first-order valence-corrected chi connectivity index (χ1v) is 5.30. The summed E-state index contributed by atoms with van der Waals surface area (Å²) in [5, 5.41) is 0. The van der Waals surface area contributed by atoms with E-state index in [9.17, 15) is 4.79 Å². The van der Waals surface area contributed by atoms with Crippen molar-refractivity contribution in [3.05, 3.63) is 12.2 Å². The van der Waals surface area contributed by atoms with Crippen LogP contribution in [0.3, 0.4) is 0 Å². The molecule has 3 heteroatoms. The molecule has 0 aliphatic rings. The first kappa shape index (κ1) is 13.2. The van der Waals surface area contributed by atoms with Crippen LogP contribution >= 0.6 is 0 Å². The van der Waals surface area contributed by atoms with Crippen molar-refractivity contribution in [2.75, 3.05) is 19.8 Å². The van der Waals surface area contributed by atoms with Crippen LogP contribution in [0.5, 0.6) is 0 Å². The predicted octanol–water partition coefficient (Wildman–Crippen LogP) is 2.19. The summed E-state index contributed by atoms with van der Waals surface area (Å²) < 4.78 is 5.03. The van der Waals surface area contributed by atoms with Crippen molar-refractivity contribution in [3.63, 3.8) is 0 Å². The molecule has 0 rings (SSSR count). The van der Waals surface area contributed by atoms with Gasteiger partial charge < -0.3 is 4.74 Å². The predicted molar refractivity (Wildman–Crippen MR) is 57.9 cm³/mol. The van der Waals surface area contributed by atoms with Gasteiger partial charge in [-0.2, -0.15) is 0 Å². The van der Waals surface area contributed by atoms with Gasteiger partial charge in [-0.3, -0.25) is 4.90 Å². The summed E-state index contributed by atoms with van der Waals surface area (Å²) in [7, 11) is 0. The molecule has 0 amide bonds. The van der Waals surface area contributed by atoms with Gasteiger partial charge in [0.05, 0.1) is 0 Å². The quantitative estimate of drug-likeness (QED) is 0.357. The second kappa shape index (κ2) is 8.75. The summed E-state index contributed by atoms with van der Waals surface area (Å²) in [6.45, 7) is 8.37. The van der Waals surface area contributed by atoms with E-state index in [2.05, 4.69) is 6.92 Å². The average molecular weight is 199 g/mol. The van der Waals surface area contributed by atoms with Gasteiger partial charge in [-0.1, -0.05) is 33.3 Å². The van der Waals surface area contributed by atoms with Gasteiger partial charge in [0.1, 0.15) is 6.73 Å². The smallest absolute Gasteiger partial charge is 0.331 e. The first-order chi connectivity index (χ1) is 6.74. The molecule has 0 N–H and O–H groups in total. The molecule has 0 aliphatic carbocycles. The standard InChI is InChI=1S/C11H21NO2/c1-4-7-8-9-11(13)14-10-12(5-2)6-3/h8-9H,4-7,10H2,1-3H3. The number of allylic oxidation sites excluding steroid dienone is 1. The van der Waals surface area contributed by atoms with E-state index in [0.29, 0.717) is 6.73 Å². The van der Waals surface area contributed by atoms with Gasteiger partial charge >= 0.3 is 5.97 Å². The molecule has 0 aliphatic heterocycles. The van der Waals surface area contributed by atoms with E-state index in [1.165, 1.54) is 6.08 Å². The Morgan fingerprint density at radius 1 is 1.29 bits per heavy atom. The second-order valence-corrected chi connectivity index (χ2v) is 3.09. The molecule has 0 unspecified atom stereocenters. The van der Waals surface area contributed by atoms with Crippen LogP contribution in [-0.4, -0.2) is 30.7 Å². The lowest BCUT2D eigenvalue weighted by Crippen LogP contribution is -2.27. The molecule has 0 saturated carbocycles. The fourth-order valence-electron chi connectivity index (χ4n) is 0.955. The fourth-order valence-corrected chi connectivity index (χ4v) is 0.955. The Hall–Kier alpha value is -0.830. The van der Waals surface area contributed by atoms with Crippen LogP contribution < -0.4 is 0 Å². The molecule has 82 valence electrons. The van der Waals surface area contributed by atoms with Crippen LogP contribution in [-0.2, 0) is 9.53 Å². The normalized spacial score (nSPS) is 11.1. The van der Waals surface area contributed by atoms with Crippen LogP contribution in [0.25, 0.3) is 0 Å². The van der Waals surface area contributed by atoms with Gasteiger partial charge in [-0.25, -0.2) is 4.79 Å². The van der Waals surface area contributed by atoms with Crippen molar-refractivity contribution in [1.29, 1.82) is 0 Å². The third-order valence-electron chi connectivity index (χ3n) is 1.99. The number of carbonyl (C=O) groups excluding carboxylic acids is 1. The Morgan fingerprint density at radius 2 is 1.93 bits per heavy atom. The van der Waals surface area contributed by atoms with Gasteiger partial charge in [0.25, 0.3) is 0 Å². The van der Waals surface area contributed by atoms with Gasteiger partial charge in [-0.15, -0.1) is 0 Å². The second-order valence-electron chi connectivity index (χ2n) is 3.09. The highest BCUT2D eigenvalue weighted by molar-refractivity contribution is 5.81. The number of rotatable bonds is 7. The molecule has 0 spiro atoms. The van der Waals surface area contributed by atoms with E-state index in [1.807, 2.05) is 24.8 Å². The molecular weight excluding hydrogens is 178 g/mol. The molecule has 0 fully saturated rings. The van der Waals surface area contributed by atoms with Crippen LogP contribution in [0.1, 0.15) is 33.6 Å². The molecule has 3 nitrogen and oxygen atoms in total. The van der Waals surface area contributed by atoms with E-state index in [-0.39, 0.29) is 5.97 Å². The van der Waals surface area contributed by atoms with Crippen molar-refractivity contribution in [1.82, 2.24) is 4.90 Å². The Labute approximate surface area is 86.7 Å². The maximum absolute atomic E-state index is 11.1. The third kappa shape index (κ3) is 6.66. The lowest BCUT2D eigenvalue weighted by Gasteiger charge is -2.16. The Balaban J connectivity index is 3.62. The Kier molecular flexibility index (Phi) is 8.24. The first-order valence-electron chi connectivity index (χ1n) is 5.30. The zero-order valence-electron chi connectivity index (χ0n) is 9.45. The highest BCUT2D eigenvalue weighted by Crippen LogP contribution is 1.92. The van der Waals surface area contributed by atoms with Gasteiger partial charge in [-0.05, 0) is 19.5 Å². The van der Waals surface area contributed by atoms with Crippen LogP contribution in [0.4, 0.5) is 0 Å². The highest BCUT2D eigenvalue weighted by Gasteiger charge is 2.01. The number of hydrogen-bond acceptors (Lipinski definition) is 3. The van der Waals surface area contributed by atoms with Crippen molar-refractivity contribution in [2.24, 2.45) is 0 Å². The minimum atomic E-state index is -0.245. The molecule has 14 heavy (non-hydrogen) atoms. The van der Waals surface area contributed by atoms with E-state index in [0.717, 1.165) is 25.9 Å². The molecule has 0 aromatic carbocycles. The minimum absolute atomic E-state index is 0.245. The average Bonchev–Trinajstić information content (AvgIpc) is 2.20. The molecule has 0 aromatic heterocycles. The summed E-state index contributed by atoms with van der Waals surface area (Å²) in [4.78, 5) is 13.2. The summed E-state index contributed by atoms with van der Waals surface area (Å²) >= 11 is 0. The number of carbonyl (C=O) groups is 1. The molecular formula is C11H21NO2. The molecule has 0 atom stereocenters. The molecule has 0 aromatic rings. The van der Waals surface area contributed by atoms with Gasteiger partial charge in [0, 0.05) is 6.08 Å². The third-order valence-corrected chi connectivity index (χ3v) is 1.99. The molecule has 0 heterocycles. The number of unbranched alkanes of at least 4 members (excludes halogenated alkanes) is 1. The largest absolute Gasteiger partial charge is 0.446 e. The summed E-state index contributed by atoms with van der Waals surface area (Å²) in [6, 6.07) is 0. The van der Waals surface area contributed by atoms with Crippen LogP contribution in [0, 0.1) is 0 Å². The van der Waals surface area contributed by atoms with Gasteiger partial charge in [0.2, 0.25) is 0 Å². The summed E-state index contributed by atoms with van der Waals surface area (Å²) in [5.41, 5.74) is 0. The maximum Gasteiger partial charge on any atom is 0.331 e. The fraction of sp³-hybridized carbons (Fsp3) is 0.727. The minimum Gasteiger partial charge on any atom is -0.446 e. The topological polar surface area (TPSA) is 29.5 Å². The van der Waals surface area contributed by atoms with Gasteiger partial charge in [0.15, 0.2) is 0 Å². The SMILES string of the molecule is CCCC=CC(=O)OCN(CC)CC. The summed E-state index contributed by atoms with van der Waals surface area (Å²) in [5.74, 6) is -0.245. The van der Waals surface area contributed by atoms with Crippen LogP contribution in [0.2, 0.25) is 0 Å². The van der Waals surface area contributed by atoms with E-state index >= 15 is 0 Å². The van der Waals surface area contributed by atoms with E-state index < -0.39 is 0 Å². The van der Waals surface area contributed by atoms with Crippen LogP contribution in [0.15, 0.2) is 12.2 Å². The number of hydrogen-bond donors (Lipinski definition) is 0. The number of nitrogens with zero attached hydrogens (tertiary/aromatic N) is 1. The van der Waals surface area contributed by atoms with Crippen molar-refractivity contribution >= 4 is 5.97 Å². The zero-order chi connectivity index (χ0) is 10.8. The number of ether oxygens (including phenoxy) is 1. The molecule has 0 radical (unpaired) electrons. The Bertz CT molecular complexity index is 174. The monoisotopic (exact) mass is 199 g/mol. The van der Waals surface area contributed by atoms with Crippen molar-refractivity contribution in [2.45, 2.75) is 33.6 Å². The highest BCUT2D eigenvalue weighted by atomic mass is 16.5. The Morgan fingerprint density at radius 3 is 2.43 bits per heavy atom. The van der Waals surface area contributed by atoms with E-state index in [1.54, 1.807) is 0 Å². The maximum atomic E-state index is 11.1. The van der Waals surface area contributed by atoms with Crippen molar-refractivity contribution < 1.29 is 9.53 Å². The molecule has 0 saturated heterocycles. The lowest BCUT2D eigenvalue weighted by atomic mass is 10.3. The lowest BCUT2D eigenvalue weighted by molar-refractivity contribution is -0.142.